The van der Waals surface area contributed by atoms with Crippen molar-refractivity contribution in [2.45, 2.75) is 0 Å². The molecule has 0 atom stereocenters. The van der Waals surface area contributed by atoms with Gasteiger partial charge in [0.05, 0.1) is 5.56 Å². The lowest BCUT2D eigenvalue weighted by Gasteiger charge is -2.31. The van der Waals surface area contributed by atoms with E-state index in [9.17, 15) is 14.7 Å². The molecule has 0 aromatic heterocycles. The maximum absolute atomic E-state index is 11.8. The molecular formula is C14H14N2O3. The minimum Gasteiger partial charge on any atom is -0.508 e. The van der Waals surface area contributed by atoms with E-state index in [0.29, 0.717) is 16.8 Å². The van der Waals surface area contributed by atoms with Crippen LogP contribution in [0.5, 0.6) is 5.75 Å². The minimum atomic E-state index is -0.431. The summed E-state index contributed by atoms with van der Waals surface area (Å²) in [5, 5.41) is 12.5. The van der Waals surface area contributed by atoms with Crippen molar-refractivity contribution in [3.8, 4) is 16.9 Å². The summed E-state index contributed by atoms with van der Waals surface area (Å²) in [7, 11) is 0. The zero-order chi connectivity index (χ0) is 13.4. The number of phenolic OH excluding ortho intramolecular Hbond substituents is 1. The molecule has 1 aliphatic heterocycles. The van der Waals surface area contributed by atoms with Gasteiger partial charge in [-0.3, -0.25) is 9.59 Å². The number of nitrogens with one attached hydrogen (secondary N) is 1. The van der Waals surface area contributed by atoms with Crippen LogP contribution in [0.2, 0.25) is 0 Å². The number of piperazine rings is 1. The second-order valence-electron chi connectivity index (χ2n) is 4.67. The lowest BCUT2D eigenvalue weighted by Crippen LogP contribution is -2.50. The van der Waals surface area contributed by atoms with E-state index in [1.54, 1.807) is 12.1 Å². The van der Waals surface area contributed by atoms with Crippen LogP contribution in [0.3, 0.4) is 0 Å². The third-order valence-corrected chi connectivity index (χ3v) is 3.47. The average molecular weight is 258 g/mol. The summed E-state index contributed by atoms with van der Waals surface area (Å²) >= 11 is 0. The maximum Gasteiger partial charge on any atom is 0.250 e. The Labute approximate surface area is 109 Å². The van der Waals surface area contributed by atoms with Crippen LogP contribution in [0.4, 0.5) is 5.69 Å². The van der Waals surface area contributed by atoms with E-state index >= 15 is 0 Å². The Hall–Kier alpha value is -2.14. The van der Waals surface area contributed by atoms with Gasteiger partial charge in [-0.1, -0.05) is 12.1 Å². The zero-order valence-electron chi connectivity index (χ0n) is 10.3. The predicted octanol–water partition coefficient (Wildman–Crippen LogP) is 0.0648. The van der Waals surface area contributed by atoms with Crippen LogP contribution in [-0.4, -0.2) is 31.3 Å². The van der Waals surface area contributed by atoms with Gasteiger partial charge >= 0.3 is 0 Å². The Morgan fingerprint density at radius 1 is 1.00 bits per heavy atom. The van der Waals surface area contributed by atoms with Crippen molar-refractivity contribution in [3.63, 3.8) is 0 Å². The van der Waals surface area contributed by atoms with Crippen LogP contribution in [0, 0.1) is 0 Å². The molecule has 0 unspecified atom stereocenters. The summed E-state index contributed by atoms with van der Waals surface area (Å²) in [6.45, 7) is 3.09. The van der Waals surface area contributed by atoms with Crippen LogP contribution >= 0.6 is 0 Å². The fraction of sp³-hybridized carbons (Fsp3) is 0.286. The standard InChI is InChI=1S/C14H14N2O3/c17-10-3-1-9(2-4-10)11-12(14(19)13(11)18)16-7-5-15-6-8-16/h1-4,15,17H,5-8H2. The summed E-state index contributed by atoms with van der Waals surface area (Å²) in [4.78, 5) is 25.5. The highest BCUT2D eigenvalue weighted by Gasteiger charge is 2.27. The van der Waals surface area contributed by atoms with Crippen LogP contribution in [0.1, 0.15) is 0 Å². The number of hydrogen-bond donors (Lipinski definition) is 2. The van der Waals surface area contributed by atoms with Crippen molar-refractivity contribution >= 4 is 5.69 Å². The quantitative estimate of drug-likeness (QED) is 0.746. The largest absolute Gasteiger partial charge is 0.508 e. The molecule has 1 heterocycles. The highest BCUT2D eigenvalue weighted by Crippen LogP contribution is 2.28. The number of rotatable bonds is 2. The molecule has 0 aliphatic carbocycles. The average Bonchev–Trinajstić information content (AvgIpc) is 2.46. The number of benzene rings is 1. The highest BCUT2D eigenvalue weighted by molar-refractivity contribution is 5.82. The molecule has 0 spiro atoms. The number of hydrogen-bond acceptors (Lipinski definition) is 5. The van der Waals surface area contributed by atoms with Crippen molar-refractivity contribution in [1.29, 1.82) is 0 Å². The Balaban J connectivity index is 2.02. The minimum absolute atomic E-state index is 0.145. The molecule has 5 heteroatoms. The normalized spacial score (nSPS) is 15.9. The Morgan fingerprint density at radius 2 is 1.63 bits per heavy atom. The zero-order valence-corrected chi connectivity index (χ0v) is 10.3. The van der Waals surface area contributed by atoms with Gasteiger partial charge in [0.25, 0.3) is 0 Å². The number of nitrogens with zero attached hydrogens (tertiary/aromatic N) is 1. The second-order valence-corrected chi connectivity index (χ2v) is 4.67. The number of aromatic hydroxyl groups is 1. The molecule has 0 saturated carbocycles. The first-order chi connectivity index (χ1) is 9.18. The van der Waals surface area contributed by atoms with Gasteiger partial charge in [-0.15, -0.1) is 0 Å². The van der Waals surface area contributed by atoms with Crippen LogP contribution in [-0.2, 0) is 0 Å². The molecule has 0 radical (unpaired) electrons. The molecule has 1 aliphatic rings. The third-order valence-electron chi connectivity index (χ3n) is 3.47. The van der Waals surface area contributed by atoms with Crippen molar-refractivity contribution in [2.75, 3.05) is 31.1 Å². The Bertz CT molecular complexity index is 663. The van der Waals surface area contributed by atoms with Crippen LogP contribution in [0.15, 0.2) is 33.9 Å². The maximum atomic E-state index is 11.8. The molecule has 98 valence electrons. The van der Waals surface area contributed by atoms with E-state index in [0.717, 1.165) is 26.2 Å². The van der Waals surface area contributed by atoms with Gasteiger partial charge in [0.2, 0.25) is 10.9 Å². The predicted molar refractivity (Wildman–Crippen MR) is 73.5 cm³/mol. The first-order valence-corrected chi connectivity index (χ1v) is 6.27. The molecule has 1 fully saturated rings. The van der Waals surface area contributed by atoms with Gasteiger partial charge in [0.1, 0.15) is 11.4 Å². The monoisotopic (exact) mass is 258 g/mol. The van der Waals surface area contributed by atoms with Gasteiger partial charge in [0, 0.05) is 26.2 Å². The molecule has 3 rings (SSSR count). The van der Waals surface area contributed by atoms with Crippen molar-refractivity contribution < 1.29 is 5.11 Å². The van der Waals surface area contributed by atoms with E-state index < -0.39 is 10.9 Å². The topological polar surface area (TPSA) is 69.6 Å². The SMILES string of the molecule is O=c1c(-c2ccc(O)cc2)c(N2CCNCC2)c1=O. The number of anilines is 1. The second kappa shape index (κ2) is 4.51. The Kier molecular flexibility index (Phi) is 2.83. The molecule has 2 aromatic rings. The summed E-state index contributed by atoms with van der Waals surface area (Å²) in [6.07, 6.45) is 0. The summed E-state index contributed by atoms with van der Waals surface area (Å²) in [5.74, 6) is 0.145. The first kappa shape index (κ1) is 11.9. The van der Waals surface area contributed by atoms with Gasteiger partial charge in [-0.05, 0) is 17.7 Å². The molecule has 0 bridgehead atoms. The molecule has 2 aromatic carbocycles. The van der Waals surface area contributed by atoms with Gasteiger partial charge < -0.3 is 15.3 Å². The van der Waals surface area contributed by atoms with Gasteiger partial charge in [-0.25, -0.2) is 0 Å². The van der Waals surface area contributed by atoms with Gasteiger partial charge in [-0.2, -0.15) is 0 Å². The van der Waals surface area contributed by atoms with Crippen LogP contribution in [0.25, 0.3) is 11.1 Å². The van der Waals surface area contributed by atoms with E-state index in [1.165, 1.54) is 12.1 Å². The lowest BCUT2D eigenvalue weighted by atomic mass is 9.97. The fourth-order valence-electron chi connectivity index (χ4n) is 2.47. The summed E-state index contributed by atoms with van der Waals surface area (Å²) < 4.78 is 0. The highest BCUT2D eigenvalue weighted by atomic mass is 16.3. The summed E-state index contributed by atoms with van der Waals surface area (Å²) in [6, 6.07) is 6.37. The van der Waals surface area contributed by atoms with Crippen molar-refractivity contribution in [3.05, 3.63) is 44.7 Å². The van der Waals surface area contributed by atoms with E-state index in [1.807, 2.05) is 4.90 Å². The van der Waals surface area contributed by atoms with Crippen LogP contribution < -0.4 is 21.1 Å². The molecule has 0 amide bonds. The smallest absolute Gasteiger partial charge is 0.250 e. The third kappa shape index (κ3) is 1.92. The number of phenols is 1. The molecule has 2 N–H and O–H groups in total. The molecule has 19 heavy (non-hydrogen) atoms. The van der Waals surface area contributed by atoms with E-state index in [4.69, 9.17) is 0 Å². The fourth-order valence-corrected chi connectivity index (χ4v) is 2.47. The summed E-state index contributed by atoms with van der Waals surface area (Å²) in [5.41, 5.74) is 0.865. The molecule has 1 saturated heterocycles. The lowest BCUT2D eigenvalue weighted by molar-refractivity contribution is 0.475. The van der Waals surface area contributed by atoms with Gasteiger partial charge in [0.15, 0.2) is 0 Å². The van der Waals surface area contributed by atoms with E-state index in [2.05, 4.69) is 5.32 Å². The van der Waals surface area contributed by atoms with Crippen molar-refractivity contribution in [2.24, 2.45) is 0 Å². The molecular weight excluding hydrogens is 244 g/mol. The first-order valence-electron chi connectivity index (χ1n) is 6.27. The molecule has 5 nitrogen and oxygen atoms in total. The van der Waals surface area contributed by atoms with E-state index in [-0.39, 0.29) is 5.75 Å². The van der Waals surface area contributed by atoms with Crippen molar-refractivity contribution in [1.82, 2.24) is 5.32 Å². The Morgan fingerprint density at radius 3 is 2.26 bits per heavy atom.